The molecule has 0 unspecified atom stereocenters. The molecule has 0 saturated heterocycles. The third-order valence-corrected chi connectivity index (χ3v) is 3.10. The van der Waals surface area contributed by atoms with Crippen molar-refractivity contribution in [3.8, 4) is 17.2 Å². The SMILES string of the molecule is COc1cc(C(=O)Nc2ccc(F)c(F)c2)cc(OC)c1OC. The monoisotopic (exact) mass is 323 g/mol. The lowest BCUT2D eigenvalue weighted by molar-refractivity contribution is 0.102. The highest BCUT2D eigenvalue weighted by molar-refractivity contribution is 6.05. The van der Waals surface area contributed by atoms with Gasteiger partial charge in [-0.25, -0.2) is 8.78 Å². The fourth-order valence-corrected chi connectivity index (χ4v) is 1.99. The van der Waals surface area contributed by atoms with Crippen molar-refractivity contribution < 1.29 is 27.8 Å². The Bertz CT molecular complexity index is 709. The van der Waals surface area contributed by atoms with Gasteiger partial charge in [-0.1, -0.05) is 0 Å². The summed E-state index contributed by atoms with van der Waals surface area (Å²) in [4.78, 5) is 12.3. The maximum absolute atomic E-state index is 13.2. The van der Waals surface area contributed by atoms with Gasteiger partial charge in [0.2, 0.25) is 5.75 Å². The summed E-state index contributed by atoms with van der Waals surface area (Å²) in [5.74, 6) is -1.61. The normalized spacial score (nSPS) is 10.1. The second kappa shape index (κ2) is 6.95. The van der Waals surface area contributed by atoms with Gasteiger partial charge in [0.15, 0.2) is 23.1 Å². The number of benzene rings is 2. The third kappa shape index (κ3) is 3.50. The zero-order valence-corrected chi connectivity index (χ0v) is 12.8. The van der Waals surface area contributed by atoms with E-state index in [2.05, 4.69) is 5.32 Å². The molecule has 0 radical (unpaired) electrons. The number of halogens is 2. The first-order valence-corrected chi connectivity index (χ1v) is 6.56. The minimum atomic E-state index is -1.05. The Morgan fingerprint density at radius 1 is 0.913 bits per heavy atom. The Labute approximate surface area is 131 Å². The van der Waals surface area contributed by atoms with E-state index < -0.39 is 17.5 Å². The van der Waals surface area contributed by atoms with Crippen molar-refractivity contribution in [2.45, 2.75) is 0 Å². The van der Waals surface area contributed by atoms with Gasteiger partial charge in [0, 0.05) is 17.3 Å². The third-order valence-electron chi connectivity index (χ3n) is 3.10. The molecule has 2 aromatic rings. The van der Waals surface area contributed by atoms with Crippen LogP contribution >= 0.6 is 0 Å². The Hall–Kier alpha value is -2.83. The van der Waals surface area contributed by atoms with Gasteiger partial charge in [-0.2, -0.15) is 0 Å². The number of ether oxygens (including phenoxy) is 3. The molecule has 0 atom stereocenters. The Balaban J connectivity index is 2.33. The molecule has 0 heterocycles. The minimum Gasteiger partial charge on any atom is -0.493 e. The zero-order valence-electron chi connectivity index (χ0n) is 12.8. The van der Waals surface area contributed by atoms with Crippen LogP contribution in [0.1, 0.15) is 10.4 Å². The number of carbonyl (C=O) groups is 1. The van der Waals surface area contributed by atoms with Crippen LogP contribution in [0.3, 0.4) is 0 Å². The van der Waals surface area contributed by atoms with Crippen LogP contribution in [0.15, 0.2) is 30.3 Å². The van der Waals surface area contributed by atoms with Crippen LogP contribution < -0.4 is 19.5 Å². The smallest absolute Gasteiger partial charge is 0.255 e. The van der Waals surface area contributed by atoms with E-state index in [1.54, 1.807) is 0 Å². The van der Waals surface area contributed by atoms with Gasteiger partial charge in [-0.15, -0.1) is 0 Å². The molecule has 0 bridgehead atoms. The second-order valence-electron chi connectivity index (χ2n) is 4.50. The van der Waals surface area contributed by atoms with Gasteiger partial charge in [0.05, 0.1) is 21.3 Å². The van der Waals surface area contributed by atoms with Crippen LogP contribution in [-0.4, -0.2) is 27.2 Å². The van der Waals surface area contributed by atoms with E-state index in [-0.39, 0.29) is 11.3 Å². The number of methoxy groups -OCH3 is 3. The van der Waals surface area contributed by atoms with E-state index in [9.17, 15) is 13.6 Å². The fourth-order valence-electron chi connectivity index (χ4n) is 1.99. The summed E-state index contributed by atoms with van der Waals surface area (Å²) in [5.41, 5.74) is 0.340. The molecule has 0 aliphatic heterocycles. The van der Waals surface area contributed by atoms with Crippen LogP contribution in [0.5, 0.6) is 17.2 Å². The molecule has 0 aliphatic carbocycles. The Kier molecular flexibility index (Phi) is 5.00. The molecule has 0 saturated carbocycles. The topological polar surface area (TPSA) is 56.8 Å². The number of anilines is 1. The van der Waals surface area contributed by atoms with Gasteiger partial charge in [-0.3, -0.25) is 4.79 Å². The molecule has 1 amide bonds. The zero-order chi connectivity index (χ0) is 17.0. The van der Waals surface area contributed by atoms with E-state index in [1.807, 2.05) is 0 Å². The molecule has 0 aliphatic rings. The summed E-state index contributed by atoms with van der Waals surface area (Å²) in [5, 5.41) is 2.47. The highest BCUT2D eigenvalue weighted by Gasteiger charge is 2.17. The lowest BCUT2D eigenvalue weighted by Gasteiger charge is -2.14. The van der Waals surface area contributed by atoms with Crippen molar-refractivity contribution in [3.63, 3.8) is 0 Å². The Morgan fingerprint density at radius 3 is 2.00 bits per heavy atom. The highest BCUT2D eigenvalue weighted by atomic mass is 19.2. The summed E-state index contributed by atoms with van der Waals surface area (Å²) in [6.07, 6.45) is 0. The molecular weight excluding hydrogens is 308 g/mol. The molecule has 0 fully saturated rings. The largest absolute Gasteiger partial charge is 0.493 e. The van der Waals surface area contributed by atoms with Crippen LogP contribution in [0.4, 0.5) is 14.5 Å². The molecule has 23 heavy (non-hydrogen) atoms. The molecule has 0 spiro atoms. The summed E-state index contributed by atoms with van der Waals surface area (Å²) in [6, 6.07) is 5.99. The molecular formula is C16H15F2NO4. The van der Waals surface area contributed by atoms with Crippen LogP contribution in [0.25, 0.3) is 0 Å². The predicted octanol–water partition coefficient (Wildman–Crippen LogP) is 3.24. The van der Waals surface area contributed by atoms with Crippen molar-refractivity contribution in [3.05, 3.63) is 47.5 Å². The van der Waals surface area contributed by atoms with Crippen LogP contribution in [0.2, 0.25) is 0 Å². The lowest BCUT2D eigenvalue weighted by Crippen LogP contribution is -2.13. The number of hydrogen-bond donors (Lipinski definition) is 1. The maximum atomic E-state index is 13.2. The van der Waals surface area contributed by atoms with Crippen molar-refractivity contribution in [2.75, 3.05) is 26.6 Å². The van der Waals surface area contributed by atoms with E-state index in [0.29, 0.717) is 17.2 Å². The molecule has 1 N–H and O–H groups in total. The first kappa shape index (κ1) is 16.5. The summed E-state index contributed by atoms with van der Waals surface area (Å²) in [7, 11) is 4.30. The van der Waals surface area contributed by atoms with E-state index in [0.717, 1.165) is 12.1 Å². The highest BCUT2D eigenvalue weighted by Crippen LogP contribution is 2.38. The summed E-state index contributed by atoms with van der Waals surface area (Å²) >= 11 is 0. The first-order valence-electron chi connectivity index (χ1n) is 6.56. The second-order valence-corrected chi connectivity index (χ2v) is 4.50. The minimum absolute atomic E-state index is 0.127. The van der Waals surface area contributed by atoms with Crippen molar-refractivity contribution >= 4 is 11.6 Å². The van der Waals surface area contributed by atoms with Gasteiger partial charge in [0.1, 0.15) is 0 Å². The standard InChI is InChI=1S/C16H15F2NO4/c1-21-13-6-9(7-14(22-2)15(13)23-3)16(20)19-10-4-5-11(17)12(18)8-10/h4-8H,1-3H3,(H,19,20). The molecule has 5 nitrogen and oxygen atoms in total. The number of carbonyl (C=O) groups excluding carboxylic acids is 1. The van der Waals surface area contributed by atoms with Crippen molar-refractivity contribution in [1.82, 2.24) is 0 Å². The van der Waals surface area contributed by atoms with Crippen molar-refractivity contribution in [2.24, 2.45) is 0 Å². The first-order chi connectivity index (χ1) is 11.0. The average Bonchev–Trinajstić information content (AvgIpc) is 2.56. The average molecular weight is 323 g/mol. The van der Waals surface area contributed by atoms with E-state index >= 15 is 0 Å². The Morgan fingerprint density at radius 2 is 1.52 bits per heavy atom. The summed E-state index contributed by atoms with van der Waals surface area (Å²) < 4.78 is 41.6. The maximum Gasteiger partial charge on any atom is 0.255 e. The number of hydrogen-bond acceptors (Lipinski definition) is 4. The van der Waals surface area contributed by atoms with Gasteiger partial charge < -0.3 is 19.5 Å². The molecule has 7 heteroatoms. The number of nitrogens with one attached hydrogen (secondary N) is 1. The van der Waals surface area contributed by atoms with E-state index in [1.165, 1.54) is 39.5 Å². The molecule has 122 valence electrons. The quantitative estimate of drug-likeness (QED) is 0.918. The van der Waals surface area contributed by atoms with Crippen LogP contribution in [0, 0.1) is 11.6 Å². The van der Waals surface area contributed by atoms with Crippen LogP contribution in [-0.2, 0) is 0 Å². The fraction of sp³-hybridized carbons (Fsp3) is 0.188. The van der Waals surface area contributed by atoms with E-state index in [4.69, 9.17) is 14.2 Å². The number of rotatable bonds is 5. The molecule has 0 aromatic heterocycles. The summed E-state index contributed by atoms with van der Waals surface area (Å²) in [6.45, 7) is 0. The molecule has 2 aromatic carbocycles. The number of amides is 1. The van der Waals surface area contributed by atoms with Crippen molar-refractivity contribution in [1.29, 1.82) is 0 Å². The predicted molar refractivity (Wildman–Crippen MR) is 80.4 cm³/mol. The van der Waals surface area contributed by atoms with Gasteiger partial charge in [-0.05, 0) is 24.3 Å². The van der Waals surface area contributed by atoms with Gasteiger partial charge >= 0.3 is 0 Å². The van der Waals surface area contributed by atoms with Gasteiger partial charge in [0.25, 0.3) is 5.91 Å². The lowest BCUT2D eigenvalue weighted by atomic mass is 10.1. The molecule has 2 rings (SSSR count).